The molecule has 0 bridgehead atoms. The Bertz CT molecular complexity index is 1660. The molecule has 6 nitrogen and oxygen atoms in total. The maximum absolute atomic E-state index is 12.8. The van der Waals surface area contributed by atoms with Crippen molar-refractivity contribution < 1.29 is 28.6 Å². The summed E-state index contributed by atoms with van der Waals surface area (Å²) < 4.78 is 16.8. The number of hydrogen-bond acceptors (Lipinski definition) is 6. The molecule has 0 heterocycles. The topological polar surface area (TPSA) is 78.9 Å². The Hall–Kier alpha value is -4.71. The van der Waals surface area contributed by atoms with Crippen LogP contribution in [0.25, 0.3) is 0 Å². The molecule has 0 amide bonds. The summed E-state index contributed by atoms with van der Waals surface area (Å²) in [6.45, 7) is 6.34. The summed E-state index contributed by atoms with van der Waals surface area (Å²) in [4.78, 5) is 38.0. The van der Waals surface area contributed by atoms with E-state index in [0.717, 1.165) is 161 Å². The molecule has 422 valence electrons. The largest absolute Gasteiger partial charge is 0.462 e. The van der Waals surface area contributed by atoms with Crippen LogP contribution in [0.4, 0.5) is 0 Å². The van der Waals surface area contributed by atoms with E-state index < -0.39 is 6.10 Å². The van der Waals surface area contributed by atoms with Crippen LogP contribution < -0.4 is 0 Å². The monoisotopic (exact) mass is 1030 g/mol. The number of carbonyl (C=O) groups excluding carboxylic acids is 3. The van der Waals surface area contributed by atoms with Gasteiger partial charge in [0.05, 0.1) is 0 Å². The number of rotatable bonds is 53. The molecule has 1 atom stereocenters. The standard InChI is InChI=1S/C69H110O6/c1-4-7-10-13-16-18-20-22-24-26-28-30-32-34-36-38-40-42-44-46-48-50-53-56-59-62-68(71)74-65-66(64-73-67(70)61-58-55-52-15-12-9-6-3)75-69(72)63-60-57-54-51-49-47-45-43-41-39-37-35-33-31-29-27-25-23-21-19-17-14-11-8-5-2/h7-8,10-11,16-19,22-25,28-31,34-37,40-43,66H,4-6,9,12-15,20-21,26-27,32-33,38-39,44-65H2,1-3H3/b10-7-,11-8-,18-16-,19-17-,24-22-,25-23-,30-28-,31-29-,36-34-,37-35-,42-40-,43-41-. The average Bonchev–Trinajstić information content (AvgIpc) is 3.41. The molecule has 0 saturated heterocycles. The number of ether oxygens (including phenoxy) is 3. The molecule has 0 aliphatic rings. The third-order valence-electron chi connectivity index (χ3n) is 12.3. The Morgan fingerprint density at radius 3 is 0.813 bits per heavy atom. The highest BCUT2D eigenvalue weighted by Gasteiger charge is 2.19. The second kappa shape index (κ2) is 61.8. The molecular weight excluding hydrogens is 925 g/mol. The highest BCUT2D eigenvalue weighted by atomic mass is 16.6. The zero-order chi connectivity index (χ0) is 54.3. The highest BCUT2D eigenvalue weighted by molar-refractivity contribution is 5.71. The third-order valence-corrected chi connectivity index (χ3v) is 12.3. The number of hydrogen-bond donors (Lipinski definition) is 0. The van der Waals surface area contributed by atoms with Gasteiger partial charge < -0.3 is 14.2 Å². The lowest BCUT2D eigenvalue weighted by molar-refractivity contribution is -0.167. The van der Waals surface area contributed by atoms with Crippen molar-refractivity contribution in [2.45, 2.75) is 258 Å². The molecule has 0 aliphatic heterocycles. The fourth-order valence-corrected chi connectivity index (χ4v) is 7.86. The van der Waals surface area contributed by atoms with Crippen LogP contribution in [0.1, 0.15) is 252 Å². The molecule has 75 heavy (non-hydrogen) atoms. The van der Waals surface area contributed by atoms with E-state index in [1.54, 1.807) is 0 Å². The fourth-order valence-electron chi connectivity index (χ4n) is 7.86. The molecule has 1 unspecified atom stereocenters. The molecule has 0 rings (SSSR count). The molecule has 0 aliphatic carbocycles. The number of allylic oxidation sites excluding steroid dienone is 24. The summed E-state index contributed by atoms with van der Waals surface area (Å²) in [5, 5.41) is 0. The lowest BCUT2D eigenvalue weighted by Crippen LogP contribution is -2.30. The third kappa shape index (κ3) is 60.0. The van der Waals surface area contributed by atoms with Gasteiger partial charge in [-0.15, -0.1) is 0 Å². The first-order valence-electron chi connectivity index (χ1n) is 30.3. The van der Waals surface area contributed by atoms with Gasteiger partial charge in [-0.2, -0.15) is 0 Å². The summed E-state index contributed by atoms with van der Waals surface area (Å²) >= 11 is 0. The van der Waals surface area contributed by atoms with E-state index >= 15 is 0 Å². The highest BCUT2D eigenvalue weighted by Crippen LogP contribution is 2.14. The molecule has 0 N–H and O–H groups in total. The second-order valence-electron chi connectivity index (χ2n) is 19.5. The van der Waals surface area contributed by atoms with Crippen molar-refractivity contribution in [3.05, 3.63) is 146 Å². The van der Waals surface area contributed by atoms with Crippen molar-refractivity contribution in [3.8, 4) is 0 Å². The van der Waals surface area contributed by atoms with Crippen molar-refractivity contribution in [1.82, 2.24) is 0 Å². The van der Waals surface area contributed by atoms with Gasteiger partial charge in [-0.3, -0.25) is 14.4 Å². The van der Waals surface area contributed by atoms with Gasteiger partial charge in [0, 0.05) is 19.3 Å². The second-order valence-corrected chi connectivity index (χ2v) is 19.5. The minimum absolute atomic E-state index is 0.0936. The van der Waals surface area contributed by atoms with E-state index in [1.165, 1.54) is 51.4 Å². The zero-order valence-electron chi connectivity index (χ0n) is 48.3. The van der Waals surface area contributed by atoms with Crippen LogP contribution >= 0.6 is 0 Å². The molecule has 0 spiro atoms. The zero-order valence-corrected chi connectivity index (χ0v) is 48.3. The van der Waals surface area contributed by atoms with E-state index in [-0.39, 0.29) is 31.1 Å². The van der Waals surface area contributed by atoms with Gasteiger partial charge >= 0.3 is 17.9 Å². The van der Waals surface area contributed by atoms with Crippen LogP contribution in [0.3, 0.4) is 0 Å². The Morgan fingerprint density at radius 1 is 0.280 bits per heavy atom. The Kier molecular flexibility index (Phi) is 58.0. The molecule has 0 saturated carbocycles. The van der Waals surface area contributed by atoms with E-state index in [1.807, 2.05) is 0 Å². The van der Waals surface area contributed by atoms with E-state index in [4.69, 9.17) is 14.2 Å². The molecule has 0 radical (unpaired) electrons. The van der Waals surface area contributed by atoms with Gasteiger partial charge in [0.2, 0.25) is 0 Å². The van der Waals surface area contributed by atoms with Crippen LogP contribution in [0, 0.1) is 0 Å². The summed E-state index contributed by atoms with van der Waals surface area (Å²) in [6.07, 6.45) is 88.6. The first-order valence-corrected chi connectivity index (χ1v) is 30.3. The molecular formula is C69H110O6. The minimum atomic E-state index is -0.797. The molecule has 0 fully saturated rings. The first kappa shape index (κ1) is 70.3. The average molecular weight is 1040 g/mol. The summed E-state index contributed by atoms with van der Waals surface area (Å²) in [6, 6.07) is 0. The van der Waals surface area contributed by atoms with Crippen LogP contribution in [0.2, 0.25) is 0 Å². The normalized spacial score (nSPS) is 13.2. The molecule has 0 aromatic heterocycles. The summed E-state index contributed by atoms with van der Waals surface area (Å²) in [5.41, 5.74) is 0. The summed E-state index contributed by atoms with van der Waals surface area (Å²) in [5.74, 6) is -0.935. The fraction of sp³-hybridized carbons (Fsp3) is 0.609. The Morgan fingerprint density at radius 2 is 0.520 bits per heavy atom. The molecule has 0 aromatic carbocycles. The van der Waals surface area contributed by atoms with Crippen molar-refractivity contribution in [2.24, 2.45) is 0 Å². The van der Waals surface area contributed by atoms with Gasteiger partial charge in [0.1, 0.15) is 13.2 Å². The lowest BCUT2D eigenvalue weighted by Gasteiger charge is -2.18. The Labute approximate surface area is 461 Å². The van der Waals surface area contributed by atoms with Crippen LogP contribution in [-0.2, 0) is 28.6 Å². The van der Waals surface area contributed by atoms with Crippen LogP contribution in [0.15, 0.2) is 146 Å². The predicted octanol–water partition coefficient (Wildman–Crippen LogP) is 20.8. The minimum Gasteiger partial charge on any atom is -0.462 e. The maximum atomic E-state index is 12.8. The van der Waals surface area contributed by atoms with E-state index in [2.05, 4.69) is 167 Å². The number of carbonyl (C=O) groups is 3. The van der Waals surface area contributed by atoms with Crippen molar-refractivity contribution >= 4 is 17.9 Å². The quantitative estimate of drug-likeness (QED) is 0.0261. The van der Waals surface area contributed by atoms with Gasteiger partial charge in [0.15, 0.2) is 6.10 Å². The van der Waals surface area contributed by atoms with Crippen LogP contribution in [0.5, 0.6) is 0 Å². The molecule has 0 aromatic rings. The maximum Gasteiger partial charge on any atom is 0.306 e. The van der Waals surface area contributed by atoms with Gasteiger partial charge in [-0.05, 0) is 122 Å². The first-order chi connectivity index (χ1) is 37.0. The van der Waals surface area contributed by atoms with Gasteiger partial charge in [-0.25, -0.2) is 0 Å². The van der Waals surface area contributed by atoms with E-state index in [0.29, 0.717) is 19.3 Å². The van der Waals surface area contributed by atoms with Crippen molar-refractivity contribution in [1.29, 1.82) is 0 Å². The number of unbranched alkanes of at least 4 members (excludes halogenated alkanes) is 18. The van der Waals surface area contributed by atoms with Crippen molar-refractivity contribution in [3.63, 3.8) is 0 Å². The SMILES string of the molecule is CC/C=C\C/C=C\C/C=C\C/C=C\C/C=C\C/C=C\CCCCCCCCC(=O)OCC(COC(=O)CCCCCCCCC)OC(=O)CCCCCCCC/C=C\C/C=C\C/C=C\C/C=C\C/C=C\C/C=C\CC. The summed E-state index contributed by atoms with van der Waals surface area (Å²) in [7, 11) is 0. The van der Waals surface area contributed by atoms with Gasteiger partial charge in [0.25, 0.3) is 0 Å². The van der Waals surface area contributed by atoms with E-state index in [9.17, 15) is 14.4 Å². The molecule has 6 heteroatoms. The van der Waals surface area contributed by atoms with Crippen LogP contribution in [-0.4, -0.2) is 37.2 Å². The Balaban J connectivity index is 4.28. The lowest BCUT2D eigenvalue weighted by atomic mass is 10.1. The smallest absolute Gasteiger partial charge is 0.306 e. The number of esters is 3. The van der Waals surface area contributed by atoms with Gasteiger partial charge in [-0.1, -0.05) is 256 Å². The van der Waals surface area contributed by atoms with Crippen molar-refractivity contribution in [2.75, 3.05) is 13.2 Å². The predicted molar refractivity (Wildman–Crippen MR) is 325 cm³/mol.